The van der Waals surface area contributed by atoms with Gasteiger partial charge in [0, 0.05) is 13.2 Å². The summed E-state index contributed by atoms with van der Waals surface area (Å²) in [5.41, 5.74) is -0.674. The van der Waals surface area contributed by atoms with Crippen molar-refractivity contribution in [3.05, 3.63) is 24.5 Å². The van der Waals surface area contributed by atoms with Gasteiger partial charge in [-0.1, -0.05) is 6.92 Å². The Bertz CT molecular complexity index is 435. The quantitative estimate of drug-likeness (QED) is 0.849. The number of hydrogen-bond acceptors (Lipinski definition) is 3. The van der Waals surface area contributed by atoms with E-state index in [0.717, 1.165) is 0 Å². The average Bonchev–Trinajstić information content (AvgIpc) is 2.38. The average molecular weight is 251 g/mol. The van der Waals surface area contributed by atoms with Gasteiger partial charge in [-0.3, -0.25) is 9.88 Å². The number of hydrogen-bond donors (Lipinski definition) is 2. The SMILES string of the molecule is CCC(C)(NC(=O)N(C)c1cccnc1)C(=O)O. The molecule has 0 aliphatic rings. The molecule has 1 unspecified atom stereocenters. The molecule has 0 saturated carbocycles. The first-order valence-corrected chi connectivity index (χ1v) is 5.60. The maximum atomic E-state index is 11.9. The van der Waals surface area contributed by atoms with Gasteiger partial charge in [-0.05, 0) is 25.5 Å². The van der Waals surface area contributed by atoms with Gasteiger partial charge in [-0.25, -0.2) is 9.59 Å². The minimum absolute atomic E-state index is 0.301. The summed E-state index contributed by atoms with van der Waals surface area (Å²) in [6.45, 7) is 3.18. The van der Waals surface area contributed by atoms with Crippen LogP contribution in [0, 0.1) is 0 Å². The second kappa shape index (κ2) is 5.48. The molecule has 6 heteroatoms. The second-order valence-electron chi connectivity index (χ2n) is 4.19. The van der Waals surface area contributed by atoms with E-state index in [-0.39, 0.29) is 0 Å². The second-order valence-corrected chi connectivity index (χ2v) is 4.19. The molecule has 0 saturated heterocycles. The molecule has 1 rings (SSSR count). The Morgan fingerprint density at radius 1 is 1.56 bits per heavy atom. The van der Waals surface area contributed by atoms with E-state index in [0.29, 0.717) is 12.1 Å². The third-order valence-corrected chi connectivity index (χ3v) is 2.90. The van der Waals surface area contributed by atoms with E-state index in [2.05, 4.69) is 10.3 Å². The fourth-order valence-electron chi connectivity index (χ4n) is 1.28. The summed E-state index contributed by atoms with van der Waals surface area (Å²) in [5, 5.41) is 11.6. The monoisotopic (exact) mass is 251 g/mol. The topological polar surface area (TPSA) is 82.5 Å². The Morgan fingerprint density at radius 3 is 2.67 bits per heavy atom. The highest BCUT2D eigenvalue weighted by molar-refractivity contribution is 5.95. The highest BCUT2D eigenvalue weighted by atomic mass is 16.4. The van der Waals surface area contributed by atoms with E-state index in [1.165, 1.54) is 18.0 Å². The summed E-state index contributed by atoms with van der Waals surface area (Å²) in [5.74, 6) is -1.06. The number of carboxylic acid groups (broad SMARTS) is 1. The molecule has 1 aromatic heterocycles. The predicted octanol–water partition coefficient (Wildman–Crippen LogP) is 1.48. The highest BCUT2D eigenvalue weighted by Gasteiger charge is 2.33. The van der Waals surface area contributed by atoms with Crippen molar-refractivity contribution in [1.29, 1.82) is 0 Å². The molecule has 1 atom stereocenters. The van der Waals surface area contributed by atoms with Gasteiger partial charge in [0.25, 0.3) is 0 Å². The number of aromatic nitrogens is 1. The van der Waals surface area contributed by atoms with Crippen LogP contribution in [0.1, 0.15) is 20.3 Å². The minimum Gasteiger partial charge on any atom is -0.480 e. The van der Waals surface area contributed by atoms with Crippen molar-refractivity contribution in [3.8, 4) is 0 Å². The molecule has 0 aliphatic carbocycles. The van der Waals surface area contributed by atoms with Crippen LogP contribution < -0.4 is 10.2 Å². The number of carbonyl (C=O) groups excluding carboxylic acids is 1. The van der Waals surface area contributed by atoms with E-state index in [1.54, 1.807) is 32.3 Å². The zero-order chi connectivity index (χ0) is 13.8. The Kier molecular flexibility index (Phi) is 4.25. The number of rotatable bonds is 4. The van der Waals surface area contributed by atoms with Gasteiger partial charge in [-0.2, -0.15) is 0 Å². The molecule has 1 heterocycles. The third-order valence-electron chi connectivity index (χ3n) is 2.90. The molecule has 0 spiro atoms. The van der Waals surface area contributed by atoms with Crippen molar-refractivity contribution in [2.45, 2.75) is 25.8 Å². The lowest BCUT2D eigenvalue weighted by molar-refractivity contribution is -0.143. The van der Waals surface area contributed by atoms with E-state index < -0.39 is 17.5 Å². The lowest BCUT2D eigenvalue weighted by Crippen LogP contribution is -2.55. The van der Waals surface area contributed by atoms with E-state index >= 15 is 0 Å². The molecule has 0 aromatic carbocycles. The first kappa shape index (κ1) is 14.0. The summed E-state index contributed by atoms with van der Waals surface area (Å²) < 4.78 is 0. The molecule has 2 amide bonds. The molecule has 0 radical (unpaired) electrons. The number of urea groups is 1. The van der Waals surface area contributed by atoms with Crippen LogP contribution in [-0.2, 0) is 4.79 Å². The van der Waals surface area contributed by atoms with Crippen molar-refractivity contribution in [2.24, 2.45) is 0 Å². The standard InChI is InChI=1S/C12H17N3O3/c1-4-12(2,10(16)17)14-11(18)15(3)9-6-5-7-13-8-9/h5-8H,4H2,1-3H3,(H,14,18)(H,16,17). The van der Waals surface area contributed by atoms with Gasteiger partial charge in [0.05, 0.1) is 11.9 Å². The van der Waals surface area contributed by atoms with Crippen LogP contribution in [0.3, 0.4) is 0 Å². The number of pyridine rings is 1. The van der Waals surface area contributed by atoms with Crippen molar-refractivity contribution < 1.29 is 14.7 Å². The van der Waals surface area contributed by atoms with Gasteiger partial charge < -0.3 is 10.4 Å². The van der Waals surface area contributed by atoms with Crippen LogP contribution in [-0.4, -0.2) is 34.7 Å². The summed E-state index contributed by atoms with van der Waals surface area (Å²) in [6, 6.07) is 2.95. The normalized spacial score (nSPS) is 13.5. The number of nitrogens with zero attached hydrogens (tertiary/aromatic N) is 2. The lowest BCUT2D eigenvalue weighted by Gasteiger charge is -2.27. The Morgan fingerprint density at radius 2 is 2.22 bits per heavy atom. The number of carboxylic acids is 1. The molecular formula is C12H17N3O3. The van der Waals surface area contributed by atoms with E-state index in [4.69, 9.17) is 5.11 Å². The summed E-state index contributed by atoms with van der Waals surface area (Å²) in [6.07, 6.45) is 3.43. The van der Waals surface area contributed by atoms with Gasteiger partial charge in [0.2, 0.25) is 0 Å². The number of amides is 2. The smallest absolute Gasteiger partial charge is 0.329 e. The van der Waals surface area contributed by atoms with E-state index in [9.17, 15) is 9.59 Å². The number of carbonyl (C=O) groups is 2. The van der Waals surface area contributed by atoms with Crippen LogP contribution in [0.2, 0.25) is 0 Å². The number of anilines is 1. The lowest BCUT2D eigenvalue weighted by atomic mass is 10.00. The van der Waals surface area contributed by atoms with Crippen molar-refractivity contribution in [2.75, 3.05) is 11.9 Å². The van der Waals surface area contributed by atoms with Gasteiger partial charge in [0.1, 0.15) is 5.54 Å². The molecule has 6 nitrogen and oxygen atoms in total. The fourth-order valence-corrected chi connectivity index (χ4v) is 1.28. The Balaban J connectivity index is 2.80. The van der Waals surface area contributed by atoms with Gasteiger partial charge in [-0.15, -0.1) is 0 Å². The molecule has 2 N–H and O–H groups in total. The van der Waals surface area contributed by atoms with E-state index in [1.807, 2.05) is 0 Å². The van der Waals surface area contributed by atoms with Crippen LogP contribution in [0.4, 0.5) is 10.5 Å². The molecule has 0 fully saturated rings. The molecule has 0 bridgehead atoms. The molecule has 1 aromatic rings. The third kappa shape index (κ3) is 2.97. The maximum absolute atomic E-state index is 11.9. The predicted molar refractivity (Wildman–Crippen MR) is 67.5 cm³/mol. The zero-order valence-electron chi connectivity index (χ0n) is 10.7. The van der Waals surface area contributed by atoms with Crippen molar-refractivity contribution in [1.82, 2.24) is 10.3 Å². The van der Waals surface area contributed by atoms with Crippen molar-refractivity contribution in [3.63, 3.8) is 0 Å². The largest absolute Gasteiger partial charge is 0.480 e. The first-order chi connectivity index (χ1) is 8.40. The van der Waals surface area contributed by atoms with Crippen molar-refractivity contribution >= 4 is 17.7 Å². The fraction of sp³-hybridized carbons (Fsp3) is 0.417. The van der Waals surface area contributed by atoms with Gasteiger partial charge >= 0.3 is 12.0 Å². The molecular weight excluding hydrogens is 234 g/mol. The summed E-state index contributed by atoms with van der Waals surface area (Å²) in [4.78, 5) is 28.3. The van der Waals surface area contributed by atoms with Crippen LogP contribution in [0.15, 0.2) is 24.5 Å². The highest BCUT2D eigenvalue weighted by Crippen LogP contribution is 2.13. The first-order valence-electron chi connectivity index (χ1n) is 5.60. The number of nitrogens with one attached hydrogen (secondary N) is 1. The summed E-state index contributed by atoms with van der Waals surface area (Å²) in [7, 11) is 1.56. The maximum Gasteiger partial charge on any atom is 0.329 e. The summed E-state index contributed by atoms with van der Waals surface area (Å²) >= 11 is 0. The Labute approximate surface area is 106 Å². The Hall–Kier alpha value is -2.11. The zero-order valence-corrected chi connectivity index (χ0v) is 10.7. The number of aliphatic carboxylic acids is 1. The molecule has 98 valence electrons. The van der Waals surface area contributed by atoms with Gasteiger partial charge in [0.15, 0.2) is 0 Å². The molecule has 0 aliphatic heterocycles. The van der Waals surface area contributed by atoms with Crippen LogP contribution in [0.25, 0.3) is 0 Å². The van der Waals surface area contributed by atoms with Crippen LogP contribution in [0.5, 0.6) is 0 Å². The molecule has 18 heavy (non-hydrogen) atoms. The van der Waals surface area contributed by atoms with Crippen LogP contribution >= 0.6 is 0 Å². The minimum atomic E-state index is -1.27.